The van der Waals surface area contributed by atoms with E-state index < -0.39 is 9.84 Å². The van der Waals surface area contributed by atoms with E-state index in [1.165, 1.54) is 0 Å². The van der Waals surface area contributed by atoms with Gasteiger partial charge in [0.05, 0.1) is 17.0 Å². The molecule has 1 fully saturated rings. The van der Waals surface area contributed by atoms with E-state index >= 15 is 0 Å². The van der Waals surface area contributed by atoms with Crippen LogP contribution in [0.15, 0.2) is 11.7 Å². The molecule has 1 aromatic rings. The van der Waals surface area contributed by atoms with Gasteiger partial charge in [-0.3, -0.25) is 4.98 Å². The predicted molar refractivity (Wildman–Crippen MR) is 65.3 cm³/mol. The van der Waals surface area contributed by atoms with Crippen molar-refractivity contribution in [2.75, 3.05) is 11.5 Å². The maximum Gasteiger partial charge on any atom is 0.151 e. The minimum atomic E-state index is -2.82. The molecule has 2 heterocycles. The zero-order chi connectivity index (χ0) is 11.6. The van der Waals surface area contributed by atoms with E-state index in [0.717, 1.165) is 17.7 Å². The molecule has 0 aliphatic carbocycles. The molecule has 2 rings (SSSR count). The second kappa shape index (κ2) is 4.81. The Morgan fingerprint density at radius 3 is 3.06 bits per heavy atom. The number of nitrogens with zero attached hydrogens (tertiary/aromatic N) is 1. The van der Waals surface area contributed by atoms with Gasteiger partial charge in [-0.25, -0.2) is 8.42 Å². The van der Waals surface area contributed by atoms with Crippen LogP contribution in [-0.4, -0.2) is 30.9 Å². The van der Waals surface area contributed by atoms with Gasteiger partial charge in [-0.15, -0.1) is 11.3 Å². The lowest BCUT2D eigenvalue weighted by Crippen LogP contribution is -2.41. The maximum absolute atomic E-state index is 11.5. The van der Waals surface area contributed by atoms with Crippen LogP contribution in [0.25, 0.3) is 0 Å². The van der Waals surface area contributed by atoms with Gasteiger partial charge in [0.2, 0.25) is 0 Å². The Hall–Kier alpha value is -0.460. The first-order valence-corrected chi connectivity index (χ1v) is 8.12. The Morgan fingerprint density at radius 2 is 2.44 bits per heavy atom. The average molecular weight is 260 g/mol. The Labute approximate surface area is 100 Å². The molecule has 0 saturated carbocycles. The van der Waals surface area contributed by atoms with Gasteiger partial charge in [0.1, 0.15) is 0 Å². The van der Waals surface area contributed by atoms with Crippen molar-refractivity contribution < 1.29 is 8.42 Å². The monoisotopic (exact) mass is 260 g/mol. The molecule has 0 aromatic carbocycles. The largest absolute Gasteiger partial charge is 0.306 e. The fraction of sp³-hybridized carbons (Fsp3) is 0.700. The lowest BCUT2D eigenvalue weighted by Gasteiger charge is -2.25. The number of aromatic nitrogens is 1. The van der Waals surface area contributed by atoms with Gasteiger partial charge in [0.15, 0.2) is 9.84 Å². The topological polar surface area (TPSA) is 59.1 Å². The number of rotatable bonds is 3. The lowest BCUT2D eigenvalue weighted by molar-refractivity contribution is 0.440. The molecule has 0 bridgehead atoms. The van der Waals surface area contributed by atoms with Crippen LogP contribution < -0.4 is 5.32 Å². The predicted octanol–water partition coefficient (Wildman–Crippen LogP) is 1.37. The maximum atomic E-state index is 11.5. The summed E-state index contributed by atoms with van der Waals surface area (Å²) in [6, 6.07) is 0.279. The molecule has 6 heteroatoms. The molecule has 0 amide bonds. The zero-order valence-electron chi connectivity index (χ0n) is 9.22. The van der Waals surface area contributed by atoms with Crippen molar-refractivity contribution in [1.82, 2.24) is 10.3 Å². The van der Waals surface area contributed by atoms with Crippen LogP contribution in [0, 0.1) is 0 Å². The third-order valence-corrected chi connectivity index (χ3v) is 5.61. The van der Waals surface area contributed by atoms with Crippen LogP contribution in [0.2, 0.25) is 0 Å². The van der Waals surface area contributed by atoms with Gasteiger partial charge in [-0.1, -0.05) is 0 Å². The summed E-state index contributed by atoms with van der Waals surface area (Å²) in [5, 5.41) is 3.37. The third kappa shape index (κ3) is 3.02. The van der Waals surface area contributed by atoms with Crippen molar-refractivity contribution in [3.8, 4) is 0 Å². The highest BCUT2D eigenvalue weighted by Gasteiger charge is 2.25. The summed E-state index contributed by atoms with van der Waals surface area (Å²) < 4.78 is 23.0. The van der Waals surface area contributed by atoms with Crippen molar-refractivity contribution in [3.05, 3.63) is 16.6 Å². The van der Waals surface area contributed by atoms with Crippen molar-refractivity contribution in [3.63, 3.8) is 0 Å². The highest BCUT2D eigenvalue weighted by molar-refractivity contribution is 7.91. The van der Waals surface area contributed by atoms with Crippen molar-refractivity contribution in [1.29, 1.82) is 0 Å². The van der Waals surface area contributed by atoms with Crippen LogP contribution in [0.1, 0.15) is 30.7 Å². The van der Waals surface area contributed by atoms with E-state index in [4.69, 9.17) is 0 Å². The van der Waals surface area contributed by atoms with Crippen LogP contribution in [0.4, 0.5) is 0 Å². The summed E-state index contributed by atoms with van der Waals surface area (Å²) >= 11 is 1.60. The SMILES string of the molecule is CC(NC1CCCS(=O)(=O)C1)c1cncs1. The van der Waals surface area contributed by atoms with E-state index in [1.54, 1.807) is 16.8 Å². The Balaban J connectivity index is 1.95. The number of thiazole rings is 1. The normalized spacial score (nSPS) is 26.4. The summed E-state index contributed by atoms with van der Waals surface area (Å²) in [5.41, 5.74) is 1.80. The molecular weight excluding hydrogens is 244 g/mol. The quantitative estimate of drug-likeness (QED) is 0.892. The fourth-order valence-electron chi connectivity index (χ4n) is 2.03. The molecule has 2 unspecified atom stereocenters. The number of sulfone groups is 1. The van der Waals surface area contributed by atoms with E-state index in [1.807, 2.05) is 6.20 Å². The van der Waals surface area contributed by atoms with E-state index in [9.17, 15) is 8.42 Å². The molecule has 1 N–H and O–H groups in total. The fourth-order valence-corrected chi connectivity index (χ4v) is 4.32. The molecule has 2 atom stereocenters. The van der Waals surface area contributed by atoms with Crippen molar-refractivity contribution >= 4 is 21.2 Å². The van der Waals surface area contributed by atoms with Crippen LogP contribution in [0.5, 0.6) is 0 Å². The summed E-state index contributed by atoms with van der Waals surface area (Å²) in [4.78, 5) is 5.18. The molecule has 0 spiro atoms. The van der Waals surface area contributed by atoms with E-state index in [0.29, 0.717) is 5.75 Å². The molecule has 90 valence electrons. The number of nitrogens with one attached hydrogen (secondary N) is 1. The van der Waals surface area contributed by atoms with Gasteiger partial charge < -0.3 is 5.32 Å². The second-order valence-corrected chi connectivity index (χ2v) is 7.39. The first kappa shape index (κ1) is 12.0. The minimum absolute atomic E-state index is 0.0934. The molecule has 16 heavy (non-hydrogen) atoms. The van der Waals surface area contributed by atoms with Crippen LogP contribution in [0.3, 0.4) is 0 Å². The van der Waals surface area contributed by atoms with Crippen molar-refractivity contribution in [2.45, 2.75) is 31.8 Å². The van der Waals surface area contributed by atoms with Gasteiger partial charge in [-0.05, 0) is 19.8 Å². The van der Waals surface area contributed by atoms with Crippen molar-refractivity contribution in [2.24, 2.45) is 0 Å². The smallest absolute Gasteiger partial charge is 0.151 e. The summed E-state index contributed by atoms with van der Waals surface area (Å²) in [6.45, 7) is 2.05. The molecular formula is C10H16N2O2S2. The van der Waals surface area contributed by atoms with Crippen LogP contribution >= 0.6 is 11.3 Å². The molecule has 0 radical (unpaired) electrons. The number of hydrogen-bond donors (Lipinski definition) is 1. The van der Waals surface area contributed by atoms with Crippen LogP contribution in [-0.2, 0) is 9.84 Å². The first-order valence-electron chi connectivity index (χ1n) is 5.42. The minimum Gasteiger partial charge on any atom is -0.306 e. The third-order valence-electron chi connectivity index (χ3n) is 2.83. The summed E-state index contributed by atoms with van der Waals surface area (Å²) in [7, 11) is -2.82. The van der Waals surface area contributed by atoms with Gasteiger partial charge in [-0.2, -0.15) is 0 Å². The summed E-state index contributed by atoms with van der Waals surface area (Å²) in [5.74, 6) is 0.621. The van der Waals surface area contributed by atoms with E-state index in [-0.39, 0.29) is 17.8 Å². The lowest BCUT2D eigenvalue weighted by atomic mass is 10.1. The van der Waals surface area contributed by atoms with Gasteiger partial charge >= 0.3 is 0 Å². The second-order valence-electron chi connectivity index (χ2n) is 4.25. The first-order chi connectivity index (χ1) is 7.57. The highest BCUT2D eigenvalue weighted by Crippen LogP contribution is 2.20. The van der Waals surface area contributed by atoms with Gasteiger partial charge in [0, 0.05) is 23.2 Å². The Kier molecular flexibility index (Phi) is 3.61. The van der Waals surface area contributed by atoms with Gasteiger partial charge in [0.25, 0.3) is 0 Å². The molecule has 1 aliphatic rings. The average Bonchev–Trinajstić information content (AvgIpc) is 2.68. The highest BCUT2D eigenvalue weighted by atomic mass is 32.2. The molecule has 1 aliphatic heterocycles. The molecule has 1 saturated heterocycles. The molecule has 1 aromatic heterocycles. The van der Waals surface area contributed by atoms with E-state index in [2.05, 4.69) is 17.2 Å². The Morgan fingerprint density at radius 1 is 1.62 bits per heavy atom. The zero-order valence-corrected chi connectivity index (χ0v) is 10.9. The Bertz CT molecular complexity index is 428. The number of hydrogen-bond acceptors (Lipinski definition) is 5. The molecule has 4 nitrogen and oxygen atoms in total. The summed E-state index contributed by atoms with van der Waals surface area (Å²) in [6.07, 6.45) is 3.55. The standard InChI is InChI=1S/C10H16N2O2S2/c1-8(10-5-11-7-15-10)12-9-3-2-4-16(13,14)6-9/h5,7-9,12H,2-4,6H2,1H3.